The predicted molar refractivity (Wildman–Crippen MR) is 139 cm³/mol. The molecule has 0 N–H and O–H groups in total. The fourth-order valence-corrected chi connectivity index (χ4v) is 4.99. The third kappa shape index (κ3) is 3.17. The fourth-order valence-electron chi connectivity index (χ4n) is 4.99. The van der Waals surface area contributed by atoms with Gasteiger partial charge in [-0.15, -0.1) is 0 Å². The van der Waals surface area contributed by atoms with E-state index in [2.05, 4.69) is 14.5 Å². The van der Waals surface area contributed by atoms with Gasteiger partial charge in [0, 0.05) is 16.7 Å². The Hall–Kier alpha value is -6.07. The Balaban J connectivity index is 2.19. The molecule has 3 aromatic rings. The number of allylic oxidation sites excluding steroid dienone is 6. The van der Waals surface area contributed by atoms with Crippen LogP contribution in [0.15, 0.2) is 84.2 Å². The summed E-state index contributed by atoms with van der Waals surface area (Å²) in [6.45, 7) is 22.8. The molecule has 0 atom stereocenters. The van der Waals surface area contributed by atoms with Gasteiger partial charge in [-0.25, -0.2) is 28.6 Å². The van der Waals surface area contributed by atoms with Crippen LogP contribution >= 0.6 is 0 Å². The van der Waals surface area contributed by atoms with Crippen molar-refractivity contribution in [3.63, 3.8) is 0 Å². The Labute approximate surface area is 216 Å². The molecule has 0 aliphatic heterocycles. The highest BCUT2D eigenvalue weighted by Gasteiger charge is 2.42. The van der Waals surface area contributed by atoms with E-state index in [0.717, 1.165) is 6.20 Å². The highest BCUT2D eigenvalue weighted by molar-refractivity contribution is 6.19. The number of nitrogens with zero attached hydrogens (tertiary/aromatic N) is 5. The zero-order chi connectivity index (χ0) is 27.0. The van der Waals surface area contributed by atoms with Crippen LogP contribution in [0.2, 0.25) is 0 Å². The Morgan fingerprint density at radius 1 is 0.737 bits per heavy atom. The number of nitriles is 2. The standard InChI is InChI=1S/C31H11F2N5/c1-36-16-20-25-22(17-10-6-4-7-11-17)27-26(21(15-35)37-2)30(33)31(38-3)28(27)23(18-12-8-5-9-13-18)24(25)19(14-34)29(20)32/h4-13,16H/b20-16+,26-21-. The lowest BCUT2D eigenvalue weighted by Crippen LogP contribution is -2.03. The zero-order valence-corrected chi connectivity index (χ0v) is 19.3. The van der Waals surface area contributed by atoms with Crippen LogP contribution in [0.5, 0.6) is 0 Å². The second-order valence-corrected chi connectivity index (χ2v) is 8.18. The van der Waals surface area contributed by atoms with Gasteiger partial charge in [0.2, 0.25) is 5.70 Å². The van der Waals surface area contributed by atoms with Crippen LogP contribution in [0.3, 0.4) is 0 Å². The molecule has 0 heterocycles. The van der Waals surface area contributed by atoms with Gasteiger partial charge in [0.05, 0.1) is 31.4 Å². The Kier molecular flexibility index (Phi) is 5.72. The molecule has 5 nitrogen and oxygen atoms in total. The van der Waals surface area contributed by atoms with E-state index in [1.165, 1.54) is 0 Å². The van der Waals surface area contributed by atoms with E-state index < -0.39 is 23.0 Å². The highest BCUT2D eigenvalue weighted by atomic mass is 19.1. The molecule has 0 amide bonds. The molecule has 0 saturated heterocycles. The maximum Gasteiger partial charge on any atom is 0.271 e. The van der Waals surface area contributed by atoms with E-state index in [1.54, 1.807) is 66.7 Å². The average molecular weight is 491 g/mol. The average Bonchev–Trinajstić information content (AvgIpc) is 3.39. The topological polar surface area (TPSA) is 60.7 Å². The molecule has 2 aliphatic rings. The van der Waals surface area contributed by atoms with E-state index >= 15 is 8.78 Å². The van der Waals surface area contributed by atoms with Crippen molar-refractivity contribution in [2.75, 3.05) is 0 Å². The van der Waals surface area contributed by atoms with Crippen molar-refractivity contribution in [2.24, 2.45) is 0 Å². The maximum atomic E-state index is 16.0. The van der Waals surface area contributed by atoms with Crippen molar-refractivity contribution < 1.29 is 8.78 Å². The summed E-state index contributed by atoms with van der Waals surface area (Å²) in [6, 6.07) is 20.7. The summed E-state index contributed by atoms with van der Waals surface area (Å²) < 4.78 is 31.9. The van der Waals surface area contributed by atoms with Crippen molar-refractivity contribution >= 4 is 22.4 Å². The number of fused-ring (bicyclic) bond motifs is 2. The number of rotatable bonds is 2. The number of hydrogen-bond donors (Lipinski definition) is 0. The van der Waals surface area contributed by atoms with Crippen molar-refractivity contribution in [3.05, 3.63) is 141 Å². The van der Waals surface area contributed by atoms with E-state index in [1.807, 2.05) is 6.07 Å². The third-order valence-electron chi connectivity index (χ3n) is 6.39. The molecule has 0 saturated carbocycles. The molecule has 0 aromatic heterocycles. The van der Waals surface area contributed by atoms with E-state index in [0.29, 0.717) is 11.1 Å². The molecule has 0 fully saturated rings. The lowest BCUT2D eigenvalue weighted by Gasteiger charge is -2.23. The molecule has 174 valence electrons. The quantitative estimate of drug-likeness (QED) is 0.268. The molecule has 7 heteroatoms. The monoisotopic (exact) mass is 491 g/mol. The normalized spacial score (nSPS) is 15.7. The van der Waals surface area contributed by atoms with Crippen molar-refractivity contribution in [1.82, 2.24) is 0 Å². The number of halogens is 2. The van der Waals surface area contributed by atoms with Crippen LogP contribution in [-0.4, -0.2) is 0 Å². The summed E-state index contributed by atoms with van der Waals surface area (Å²) >= 11 is 0. The molecular weight excluding hydrogens is 480 g/mol. The van der Waals surface area contributed by atoms with Gasteiger partial charge in [0.25, 0.3) is 5.70 Å². The van der Waals surface area contributed by atoms with Crippen molar-refractivity contribution in [3.8, 4) is 34.4 Å². The summed E-state index contributed by atoms with van der Waals surface area (Å²) in [5.41, 5.74) is -0.0594. The van der Waals surface area contributed by atoms with Crippen LogP contribution < -0.4 is 0 Å². The van der Waals surface area contributed by atoms with Gasteiger partial charge in [-0.3, -0.25) is 0 Å². The predicted octanol–water partition coefficient (Wildman–Crippen LogP) is 8.22. The first-order chi connectivity index (χ1) is 18.5. The molecule has 5 rings (SSSR count). The first-order valence-electron chi connectivity index (χ1n) is 11.1. The Morgan fingerprint density at radius 3 is 1.79 bits per heavy atom. The first kappa shape index (κ1) is 23.7. The van der Waals surface area contributed by atoms with Gasteiger partial charge >= 0.3 is 0 Å². The third-order valence-corrected chi connectivity index (χ3v) is 6.39. The summed E-state index contributed by atoms with van der Waals surface area (Å²) in [4.78, 5) is 9.92. The minimum atomic E-state index is -1.04. The van der Waals surface area contributed by atoms with Crippen LogP contribution in [0, 0.1) is 42.4 Å². The molecule has 38 heavy (non-hydrogen) atoms. The van der Waals surface area contributed by atoms with E-state index in [4.69, 9.17) is 19.7 Å². The maximum absolute atomic E-state index is 16.0. The lowest BCUT2D eigenvalue weighted by molar-refractivity contribution is 0.681. The summed E-state index contributed by atoms with van der Waals surface area (Å²) in [7, 11) is 0. The Morgan fingerprint density at radius 2 is 1.32 bits per heavy atom. The van der Waals surface area contributed by atoms with Crippen LogP contribution in [0.25, 0.3) is 59.2 Å². The molecule has 2 aliphatic carbocycles. The van der Waals surface area contributed by atoms with Gasteiger partial charge in [-0.1, -0.05) is 60.7 Å². The molecule has 3 aromatic carbocycles. The number of hydrogen-bond acceptors (Lipinski definition) is 2. The highest BCUT2D eigenvalue weighted by Crippen LogP contribution is 2.59. The SMILES string of the molecule is [C-]#[N+]/C=C1/C(F)=C(C#N)c2c1c(-c1ccccc1)c1c(c2-c2ccccc2)C([N+]#[C-])=C(F)/C1=C(/C#N)[N+]#[C-]. The summed E-state index contributed by atoms with van der Waals surface area (Å²) in [5, 5.41) is 19.8. The Bertz CT molecular complexity index is 1890. The van der Waals surface area contributed by atoms with Gasteiger partial charge in [0.15, 0.2) is 6.20 Å². The van der Waals surface area contributed by atoms with Crippen LogP contribution in [-0.2, 0) is 0 Å². The molecule has 0 unspecified atom stereocenters. The van der Waals surface area contributed by atoms with Gasteiger partial charge in [0.1, 0.15) is 17.7 Å². The van der Waals surface area contributed by atoms with E-state index in [-0.39, 0.29) is 50.1 Å². The molecule has 0 radical (unpaired) electrons. The first-order valence-corrected chi connectivity index (χ1v) is 11.1. The van der Waals surface area contributed by atoms with E-state index in [9.17, 15) is 10.5 Å². The van der Waals surface area contributed by atoms with Crippen LogP contribution in [0.1, 0.15) is 22.3 Å². The second kappa shape index (κ2) is 9.18. The minimum Gasteiger partial charge on any atom is -0.245 e. The zero-order valence-electron chi connectivity index (χ0n) is 19.3. The van der Waals surface area contributed by atoms with Crippen molar-refractivity contribution in [2.45, 2.75) is 0 Å². The summed E-state index contributed by atoms with van der Waals surface area (Å²) in [6.07, 6.45) is 0.962. The minimum absolute atomic E-state index is 0.0670. The second-order valence-electron chi connectivity index (χ2n) is 8.18. The van der Waals surface area contributed by atoms with Gasteiger partial charge < -0.3 is 0 Å². The lowest BCUT2D eigenvalue weighted by atomic mass is 9.79. The van der Waals surface area contributed by atoms with Gasteiger partial charge in [-0.05, 0) is 38.9 Å². The molecular formula is C31H11F2N5. The van der Waals surface area contributed by atoms with Gasteiger partial charge in [-0.2, -0.15) is 5.26 Å². The smallest absolute Gasteiger partial charge is 0.245 e. The fraction of sp³-hybridized carbons (Fsp3) is 0. The molecule has 0 spiro atoms. The molecule has 0 bridgehead atoms. The largest absolute Gasteiger partial charge is 0.271 e. The summed E-state index contributed by atoms with van der Waals surface area (Å²) in [5.74, 6) is -1.96. The van der Waals surface area contributed by atoms with Crippen molar-refractivity contribution in [1.29, 1.82) is 10.5 Å². The van der Waals surface area contributed by atoms with Crippen LogP contribution in [0.4, 0.5) is 8.78 Å². The number of benzene rings is 3.